The molecule has 1 fully saturated rings. The highest BCUT2D eigenvalue weighted by Gasteiger charge is 2.27. The molecule has 6 heteroatoms. The smallest absolute Gasteiger partial charge is 0.251 e. The lowest BCUT2D eigenvalue weighted by Gasteiger charge is -2.26. The van der Waals surface area contributed by atoms with Crippen molar-refractivity contribution in [3.05, 3.63) is 29.3 Å². The first-order valence-electron chi connectivity index (χ1n) is 7.36. The number of aryl methyl sites for hydroxylation is 1. The molecule has 1 aliphatic heterocycles. The molecule has 2 rings (SSSR count). The lowest BCUT2D eigenvalue weighted by molar-refractivity contribution is 0.0955. The van der Waals surface area contributed by atoms with E-state index in [9.17, 15) is 13.2 Å². The number of nitrogens with zero attached hydrogens (tertiary/aromatic N) is 1. The maximum Gasteiger partial charge on any atom is 0.251 e. The minimum atomic E-state index is -3.51. The Morgan fingerprint density at radius 1 is 1.24 bits per heavy atom. The van der Waals surface area contributed by atoms with E-state index in [4.69, 9.17) is 0 Å². The highest BCUT2D eigenvalue weighted by atomic mass is 32.2. The summed E-state index contributed by atoms with van der Waals surface area (Å²) in [6.45, 7) is 5.23. The van der Waals surface area contributed by atoms with E-state index in [0.717, 1.165) is 19.3 Å². The van der Waals surface area contributed by atoms with Crippen LogP contribution in [0.1, 0.15) is 42.1 Å². The molecule has 21 heavy (non-hydrogen) atoms. The minimum absolute atomic E-state index is 0.243. The van der Waals surface area contributed by atoms with Gasteiger partial charge in [0, 0.05) is 25.2 Å². The molecule has 0 spiro atoms. The summed E-state index contributed by atoms with van der Waals surface area (Å²) in [6.07, 6.45) is 2.87. The van der Waals surface area contributed by atoms with Crippen molar-refractivity contribution in [3.8, 4) is 0 Å². The van der Waals surface area contributed by atoms with E-state index in [1.165, 1.54) is 10.4 Å². The Kier molecular flexibility index (Phi) is 5.00. The van der Waals surface area contributed by atoms with Crippen LogP contribution < -0.4 is 5.32 Å². The molecule has 1 amide bonds. The maximum absolute atomic E-state index is 12.7. The van der Waals surface area contributed by atoms with E-state index in [2.05, 4.69) is 5.32 Å². The van der Waals surface area contributed by atoms with Gasteiger partial charge < -0.3 is 5.32 Å². The minimum Gasteiger partial charge on any atom is -0.352 e. The van der Waals surface area contributed by atoms with Gasteiger partial charge in [0.1, 0.15) is 0 Å². The van der Waals surface area contributed by atoms with Gasteiger partial charge >= 0.3 is 0 Å². The van der Waals surface area contributed by atoms with Crippen molar-refractivity contribution in [2.45, 2.75) is 38.0 Å². The number of rotatable bonds is 4. The predicted octanol–water partition coefficient (Wildman–Crippen LogP) is 1.92. The van der Waals surface area contributed by atoms with Crippen LogP contribution in [0, 0.1) is 6.92 Å². The number of sulfonamides is 1. The third kappa shape index (κ3) is 3.44. The van der Waals surface area contributed by atoms with Crippen molar-refractivity contribution in [1.82, 2.24) is 9.62 Å². The first-order valence-corrected chi connectivity index (χ1v) is 8.80. The number of benzene rings is 1. The van der Waals surface area contributed by atoms with Crippen LogP contribution in [0.4, 0.5) is 0 Å². The highest BCUT2D eigenvalue weighted by molar-refractivity contribution is 7.89. The lowest BCUT2D eigenvalue weighted by Crippen LogP contribution is -2.36. The number of carbonyl (C=O) groups is 1. The molecule has 1 N–H and O–H groups in total. The van der Waals surface area contributed by atoms with E-state index in [1.807, 2.05) is 6.92 Å². The Bertz CT molecular complexity index is 620. The molecule has 1 saturated heterocycles. The summed E-state index contributed by atoms with van der Waals surface area (Å²) in [4.78, 5) is 12.1. The number of amides is 1. The maximum atomic E-state index is 12.7. The number of hydrogen-bond acceptors (Lipinski definition) is 3. The molecule has 5 nitrogen and oxygen atoms in total. The summed E-state index contributed by atoms with van der Waals surface area (Å²) >= 11 is 0. The fraction of sp³-hybridized carbons (Fsp3) is 0.533. The molecule has 0 unspecified atom stereocenters. The normalized spacial score (nSPS) is 16.7. The molecule has 1 aliphatic rings. The zero-order valence-corrected chi connectivity index (χ0v) is 13.4. The van der Waals surface area contributed by atoms with E-state index >= 15 is 0 Å². The molecule has 0 aliphatic carbocycles. The van der Waals surface area contributed by atoms with Crippen LogP contribution in [0.15, 0.2) is 23.1 Å². The summed E-state index contributed by atoms with van der Waals surface area (Å²) < 4.78 is 27.0. The highest BCUT2D eigenvalue weighted by Crippen LogP contribution is 2.24. The van der Waals surface area contributed by atoms with Gasteiger partial charge in [-0.2, -0.15) is 4.31 Å². The average Bonchev–Trinajstić information content (AvgIpc) is 2.48. The van der Waals surface area contributed by atoms with Crippen LogP contribution in [0.5, 0.6) is 0 Å². The third-order valence-corrected chi connectivity index (χ3v) is 5.76. The second-order valence-corrected chi connectivity index (χ2v) is 7.21. The molecule has 0 saturated carbocycles. The standard InChI is InChI=1S/C15H22N2O3S/c1-3-16-15(18)13-8-7-12(2)14(11-13)21(19,20)17-9-5-4-6-10-17/h7-8,11H,3-6,9-10H2,1-2H3,(H,16,18). The Morgan fingerprint density at radius 3 is 2.52 bits per heavy atom. The van der Waals surface area contributed by atoms with E-state index < -0.39 is 10.0 Å². The lowest BCUT2D eigenvalue weighted by atomic mass is 10.1. The van der Waals surface area contributed by atoms with Crippen LogP contribution in [-0.2, 0) is 10.0 Å². The van der Waals surface area contributed by atoms with Gasteiger partial charge in [0.2, 0.25) is 10.0 Å². The van der Waals surface area contributed by atoms with Gasteiger partial charge in [0.05, 0.1) is 4.90 Å². The van der Waals surface area contributed by atoms with Crippen LogP contribution in [0.25, 0.3) is 0 Å². The van der Waals surface area contributed by atoms with Gasteiger partial charge in [-0.1, -0.05) is 12.5 Å². The van der Waals surface area contributed by atoms with Crippen LogP contribution in [0.2, 0.25) is 0 Å². The van der Waals surface area contributed by atoms with E-state index in [0.29, 0.717) is 30.8 Å². The Labute approximate surface area is 126 Å². The van der Waals surface area contributed by atoms with Crippen molar-refractivity contribution in [2.75, 3.05) is 19.6 Å². The van der Waals surface area contributed by atoms with Gasteiger partial charge in [-0.25, -0.2) is 8.42 Å². The molecule has 1 aromatic rings. The number of hydrogen-bond donors (Lipinski definition) is 1. The molecule has 0 radical (unpaired) electrons. The Morgan fingerprint density at radius 2 is 1.90 bits per heavy atom. The zero-order chi connectivity index (χ0) is 15.5. The van der Waals surface area contributed by atoms with Gasteiger partial charge in [-0.3, -0.25) is 4.79 Å². The first kappa shape index (κ1) is 16.0. The number of nitrogens with one attached hydrogen (secondary N) is 1. The quantitative estimate of drug-likeness (QED) is 0.924. The fourth-order valence-corrected chi connectivity index (χ4v) is 4.29. The topological polar surface area (TPSA) is 66.5 Å². The van der Waals surface area contributed by atoms with Crippen molar-refractivity contribution >= 4 is 15.9 Å². The van der Waals surface area contributed by atoms with E-state index in [1.54, 1.807) is 19.1 Å². The third-order valence-electron chi connectivity index (χ3n) is 3.72. The molecule has 0 atom stereocenters. The van der Waals surface area contributed by atoms with Crippen molar-refractivity contribution < 1.29 is 13.2 Å². The predicted molar refractivity (Wildman–Crippen MR) is 81.8 cm³/mol. The van der Waals surface area contributed by atoms with E-state index in [-0.39, 0.29) is 10.8 Å². The first-order chi connectivity index (χ1) is 9.96. The summed E-state index contributed by atoms with van der Waals surface area (Å²) in [7, 11) is -3.51. The largest absolute Gasteiger partial charge is 0.352 e. The zero-order valence-electron chi connectivity index (χ0n) is 12.6. The number of piperidine rings is 1. The second kappa shape index (κ2) is 6.58. The van der Waals surface area contributed by atoms with Gasteiger partial charge in [0.25, 0.3) is 5.91 Å². The summed E-state index contributed by atoms with van der Waals surface area (Å²) in [5.41, 5.74) is 1.06. The van der Waals surface area contributed by atoms with Crippen LogP contribution in [-0.4, -0.2) is 38.3 Å². The second-order valence-electron chi connectivity index (χ2n) is 5.30. The molecule has 116 valence electrons. The fourth-order valence-electron chi connectivity index (χ4n) is 2.53. The molecule has 0 aromatic heterocycles. The monoisotopic (exact) mass is 310 g/mol. The van der Waals surface area contributed by atoms with Crippen molar-refractivity contribution in [1.29, 1.82) is 0 Å². The molecular weight excluding hydrogens is 288 g/mol. The molecular formula is C15H22N2O3S. The van der Waals surface area contributed by atoms with Gasteiger partial charge in [0.15, 0.2) is 0 Å². The Balaban J connectivity index is 2.37. The van der Waals surface area contributed by atoms with Crippen molar-refractivity contribution in [3.63, 3.8) is 0 Å². The molecule has 1 aromatic carbocycles. The summed E-state index contributed by atoms with van der Waals surface area (Å²) in [5, 5.41) is 2.69. The number of carbonyl (C=O) groups excluding carboxylic acids is 1. The van der Waals surface area contributed by atoms with Crippen LogP contribution >= 0.6 is 0 Å². The summed E-state index contributed by atoms with van der Waals surface area (Å²) in [5.74, 6) is -0.243. The van der Waals surface area contributed by atoms with Crippen LogP contribution in [0.3, 0.4) is 0 Å². The van der Waals surface area contributed by atoms with Gasteiger partial charge in [-0.05, 0) is 44.4 Å². The van der Waals surface area contributed by atoms with Gasteiger partial charge in [-0.15, -0.1) is 0 Å². The Hall–Kier alpha value is -1.40. The SMILES string of the molecule is CCNC(=O)c1ccc(C)c(S(=O)(=O)N2CCCCC2)c1. The molecule has 0 bridgehead atoms. The molecule has 1 heterocycles. The van der Waals surface area contributed by atoms with Crippen molar-refractivity contribution in [2.24, 2.45) is 0 Å². The average molecular weight is 310 g/mol. The summed E-state index contributed by atoms with van der Waals surface area (Å²) in [6, 6.07) is 4.85.